The van der Waals surface area contributed by atoms with Crippen LogP contribution >= 0.6 is 0 Å². The van der Waals surface area contributed by atoms with Crippen LogP contribution in [0.4, 0.5) is 0 Å². The molecule has 0 bridgehead atoms. The Hall–Kier alpha value is -4.96. The van der Waals surface area contributed by atoms with Crippen molar-refractivity contribution < 1.29 is 4.42 Å². The highest BCUT2D eigenvalue weighted by atomic mass is 16.3. The number of nitrogens with zero attached hydrogens (tertiary/aromatic N) is 3. The van der Waals surface area contributed by atoms with E-state index in [0.29, 0.717) is 0 Å². The third-order valence-electron chi connectivity index (χ3n) is 7.31. The Morgan fingerprint density at radius 3 is 1.74 bits per heavy atom. The summed E-state index contributed by atoms with van der Waals surface area (Å²) in [5.41, 5.74) is 10.7. The molecule has 7 aromatic rings. The van der Waals surface area contributed by atoms with Gasteiger partial charge in [0.1, 0.15) is 11.2 Å². The summed E-state index contributed by atoms with van der Waals surface area (Å²) in [4.78, 5) is 0. The molecule has 0 aliphatic carbocycles. The van der Waals surface area contributed by atoms with Gasteiger partial charge in [0.05, 0.1) is 0 Å². The van der Waals surface area contributed by atoms with Crippen LogP contribution in [-0.4, -0.2) is 14.8 Å². The fraction of sp³-hybridized carbons (Fsp3) is 0.0857. The predicted octanol–water partition coefficient (Wildman–Crippen LogP) is 9.09. The molecular weight excluding hydrogens is 478 g/mol. The van der Waals surface area contributed by atoms with E-state index >= 15 is 0 Å². The Labute approximate surface area is 227 Å². The molecule has 0 N–H and O–H groups in total. The van der Waals surface area contributed by atoms with E-state index in [0.717, 1.165) is 61.7 Å². The van der Waals surface area contributed by atoms with Gasteiger partial charge in [-0.1, -0.05) is 78.9 Å². The average Bonchev–Trinajstić information content (AvgIpc) is 3.56. The van der Waals surface area contributed by atoms with Gasteiger partial charge in [0, 0.05) is 33.2 Å². The summed E-state index contributed by atoms with van der Waals surface area (Å²) in [6, 6.07) is 37.9. The van der Waals surface area contributed by atoms with Crippen LogP contribution in [0.15, 0.2) is 114 Å². The average molecular weight is 506 g/mol. The summed E-state index contributed by atoms with van der Waals surface area (Å²) in [5, 5.41) is 11.6. The molecular formula is C35H27N3O. The van der Waals surface area contributed by atoms with E-state index in [9.17, 15) is 0 Å². The van der Waals surface area contributed by atoms with E-state index < -0.39 is 0 Å². The summed E-state index contributed by atoms with van der Waals surface area (Å²) in [6.45, 7) is 6.40. The largest absolute Gasteiger partial charge is 0.455 e. The maximum atomic E-state index is 6.50. The van der Waals surface area contributed by atoms with Gasteiger partial charge < -0.3 is 4.42 Å². The lowest BCUT2D eigenvalue weighted by Crippen LogP contribution is -2.00. The quantitative estimate of drug-likeness (QED) is 0.240. The van der Waals surface area contributed by atoms with Gasteiger partial charge in [-0.05, 0) is 73.4 Å². The molecule has 0 unspecified atom stereocenters. The van der Waals surface area contributed by atoms with Crippen LogP contribution in [0.1, 0.15) is 16.7 Å². The highest BCUT2D eigenvalue weighted by Gasteiger charge is 2.18. The van der Waals surface area contributed by atoms with Crippen molar-refractivity contribution in [1.29, 1.82) is 0 Å². The summed E-state index contributed by atoms with van der Waals surface area (Å²) >= 11 is 0. The van der Waals surface area contributed by atoms with E-state index in [1.165, 1.54) is 16.5 Å². The van der Waals surface area contributed by atoms with Crippen molar-refractivity contribution in [3.63, 3.8) is 0 Å². The van der Waals surface area contributed by atoms with Gasteiger partial charge in [0.25, 0.3) is 0 Å². The minimum atomic E-state index is 0.802. The first-order chi connectivity index (χ1) is 19.1. The molecule has 4 nitrogen and oxygen atoms in total. The second kappa shape index (κ2) is 9.10. The van der Waals surface area contributed by atoms with Crippen LogP contribution in [0, 0.1) is 20.8 Å². The first kappa shape index (κ1) is 23.2. The summed E-state index contributed by atoms with van der Waals surface area (Å²) in [6.07, 6.45) is 0. The summed E-state index contributed by atoms with van der Waals surface area (Å²) < 4.78 is 8.62. The summed E-state index contributed by atoms with van der Waals surface area (Å²) in [7, 11) is 0. The molecule has 0 radical (unpaired) electrons. The molecule has 7 rings (SSSR count). The number of aryl methyl sites for hydroxylation is 3. The van der Waals surface area contributed by atoms with Gasteiger partial charge in [-0.15, -0.1) is 10.2 Å². The van der Waals surface area contributed by atoms with Crippen LogP contribution in [0.5, 0.6) is 0 Å². The SMILES string of the molecule is Cc1cc(C)c2oc3c(-c4ccc(-c5nnc(-c6ccccc6)n5-c5ccccc5)cc4)cc(C)cc3c2c1. The Morgan fingerprint density at radius 2 is 1.08 bits per heavy atom. The predicted molar refractivity (Wildman–Crippen MR) is 159 cm³/mol. The fourth-order valence-corrected chi connectivity index (χ4v) is 5.56. The van der Waals surface area contributed by atoms with Gasteiger partial charge in [-0.3, -0.25) is 4.57 Å². The Bertz CT molecular complexity index is 1960. The first-order valence-corrected chi connectivity index (χ1v) is 13.2. The molecule has 2 aromatic heterocycles. The van der Waals surface area contributed by atoms with E-state index in [1.54, 1.807) is 0 Å². The maximum absolute atomic E-state index is 6.50. The number of para-hydroxylation sites is 1. The Kier molecular flexibility index (Phi) is 5.41. The lowest BCUT2D eigenvalue weighted by Gasteiger charge is -2.11. The number of fused-ring (bicyclic) bond motifs is 3. The van der Waals surface area contributed by atoms with Crippen LogP contribution in [0.3, 0.4) is 0 Å². The molecule has 0 saturated carbocycles. The van der Waals surface area contributed by atoms with Gasteiger partial charge in [-0.2, -0.15) is 0 Å². The molecule has 188 valence electrons. The van der Waals surface area contributed by atoms with Crippen molar-refractivity contribution in [3.05, 3.63) is 126 Å². The van der Waals surface area contributed by atoms with Crippen molar-refractivity contribution in [2.45, 2.75) is 20.8 Å². The third-order valence-corrected chi connectivity index (χ3v) is 7.31. The molecule has 2 heterocycles. The Balaban J connectivity index is 1.37. The van der Waals surface area contributed by atoms with Crippen molar-refractivity contribution in [1.82, 2.24) is 14.8 Å². The number of benzene rings is 5. The molecule has 0 atom stereocenters. The lowest BCUT2D eigenvalue weighted by molar-refractivity contribution is 0.666. The highest BCUT2D eigenvalue weighted by molar-refractivity contribution is 6.10. The second-order valence-electron chi connectivity index (χ2n) is 10.2. The lowest BCUT2D eigenvalue weighted by atomic mass is 9.98. The molecule has 5 aromatic carbocycles. The zero-order chi connectivity index (χ0) is 26.5. The molecule has 4 heteroatoms. The molecule has 0 aliphatic rings. The zero-order valence-electron chi connectivity index (χ0n) is 22.1. The van der Waals surface area contributed by atoms with Gasteiger partial charge in [-0.25, -0.2) is 0 Å². The zero-order valence-corrected chi connectivity index (χ0v) is 22.1. The maximum Gasteiger partial charge on any atom is 0.168 e. The van der Waals surface area contributed by atoms with Gasteiger partial charge in [0.15, 0.2) is 11.6 Å². The molecule has 0 spiro atoms. The van der Waals surface area contributed by atoms with Gasteiger partial charge >= 0.3 is 0 Å². The molecule has 0 amide bonds. The second-order valence-corrected chi connectivity index (χ2v) is 10.2. The number of hydrogen-bond acceptors (Lipinski definition) is 3. The van der Waals surface area contributed by atoms with Crippen LogP contribution in [-0.2, 0) is 0 Å². The van der Waals surface area contributed by atoms with E-state index in [-0.39, 0.29) is 0 Å². The fourth-order valence-electron chi connectivity index (χ4n) is 5.56. The van der Waals surface area contributed by atoms with E-state index in [2.05, 4.69) is 108 Å². The molecule has 0 aliphatic heterocycles. The Morgan fingerprint density at radius 1 is 0.538 bits per heavy atom. The van der Waals surface area contributed by atoms with Crippen molar-refractivity contribution in [3.8, 4) is 39.6 Å². The summed E-state index contributed by atoms with van der Waals surface area (Å²) in [5.74, 6) is 1.62. The molecule has 0 fully saturated rings. The standard InChI is InChI=1S/C35H27N3O/c1-22-18-24(3)32-30(20-22)31-21-23(2)19-29(33(31)39-32)25-14-16-27(17-15-25)35-37-36-34(26-10-6-4-7-11-26)38(35)28-12-8-5-9-13-28/h4-21H,1-3H3. The van der Waals surface area contributed by atoms with Gasteiger partial charge in [0.2, 0.25) is 0 Å². The normalized spacial score (nSPS) is 11.5. The molecule has 39 heavy (non-hydrogen) atoms. The minimum absolute atomic E-state index is 0.802. The number of hydrogen-bond donors (Lipinski definition) is 0. The van der Waals surface area contributed by atoms with Crippen LogP contribution in [0.25, 0.3) is 61.5 Å². The van der Waals surface area contributed by atoms with Crippen molar-refractivity contribution in [2.24, 2.45) is 0 Å². The van der Waals surface area contributed by atoms with E-state index in [1.807, 2.05) is 36.4 Å². The number of furan rings is 1. The van der Waals surface area contributed by atoms with Crippen LogP contribution in [0.2, 0.25) is 0 Å². The first-order valence-electron chi connectivity index (χ1n) is 13.2. The third kappa shape index (κ3) is 3.93. The molecule has 0 saturated heterocycles. The monoisotopic (exact) mass is 505 g/mol. The smallest absolute Gasteiger partial charge is 0.168 e. The van der Waals surface area contributed by atoms with Crippen molar-refractivity contribution >= 4 is 21.9 Å². The number of aromatic nitrogens is 3. The number of rotatable bonds is 4. The highest BCUT2D eigenvalue weighted by Crippen LogP contribution is 2.39. The van der Waals surface area contributed by atoms with Crippen molar-refractivity contribution in [2.75, 3.05) is 0 Å². The van der Waals surface area contributed by atoms with E-state index in [4.69, 9.17) is 4.42 Å². The topological polar surface area (TPSA) is 43.9 Å². The minimum Gasteiger partial charge on any atom is -0.455 e. The van der Waals surface area contributed by atoms with Crippen LogP contribution < -0.4 is 0 Å².